The van der Waals surface area contributed by atoms with E-state index >= 15 is 0 Å². The van der Waals surface area contributed by atoms with Crippen molar-refractivity contribution in [1.82, 2.24) is 24.8 Å². The number of rotatable bonds is 2. The van der Waals surface area contributed by atoms with Crippen LogP contribution in [0.3, 0.4) is 0 Å². The van der Waals surface area contributed by atoms with E-state index in [2.05, 4.69) is 32.8 Å². The minimum atomic E-state index is 0.0132. The van der Waals surface area contributed by atoms with Gasteiger partial charge in [-0.3, -0.25) is 4.79 Å². The summed E-state index contributed by atoms with van der Waals surface area (Å²) in [5.74, 6) is 1.57. The highest BCUT2D eigenvalue weighted by Crippen LogP contribution is 2.29. The highest BCUT2D eigenvalue weighted by atomic mass is 16.5. The van der Waals surface area contributed by atoms with E-state index in [1.807, 2.05) is 29.4 Å². The van der Waals surface area contributed by atoms with Crippen LogP contribution in [0.15, 0.2) is 30.6 Å². The van der Waals surface area contributed by atoms with Crippen LogP contribution in [0.4, 0.5) is 5.95 Å². The van der Waals surface area contributed by atoms with Crippen LogP contribution in [0, 0.1) is 0 Å². The summed E-state index contributed by atoms with van der Waals surface area (Å²) in [4.78, 5) is 27.4. The quantitative estimate of drug-likeness (QED) is 0.733. The lowest BCUT2D eigenvalue weighted by Crippen LogP contribution is -2.34. The van der Waals surface area contributed by atoms with Crippen LogP contribution >= 0.6 is 0 Å². The topological polar surface area (TPSA) is 85.2 Å². The number of benzene rings is 1. The number of fused-ring (bicyclic) bond motifs is 3. The molecule has 144 valence electrons. The van der Waals surface area contributed by atoms with Gasteiger partial charge in [0.2, 0.25) is 11.9 Å². The summed E-state index contributed by atoms with van der Waals surface area (Å²) >= 11 is 0. The van der Waals surface area contributed by atoms with Crippen molar-refractivity contribution in [3.63, 3.8) is 0 Å². The van der Waals surface area contributed by atoms with Crippen LogP contribution in [-0.4, -0.2) is 51.7 Å². The third-order valence-electron chi connectivity index (χ3n) is 5.31. The van der Waals surface area contributed by atoms with Crippen molar-refractivity contribution in [2.75, 3.05) is 31.1 Å². The Kier molecular flexibility index (Phi) is 4.20. The molecule has 1 N–H and O–H groups in total. The fourth-order valence-electron chi connectivity index (χ4n) is 3.92. The lowest BCUT2D eigenvalue weighted by molar-refractivity contribution is -0.119. The molecule has 8 nitrogen and oxygen atoms in total. The van der Waals surface area contributed by atoms with Crippen molar-refractivity contribution < 1.29 is 9.53 Å². The number of anilines is 1. The minimum Gasteiger partial charge on any atom is -0.371 e. The molecule has 0 spiro atoms. The maximum Gasteiger partial charge on any atom is 0.239 e. The second-order valence-corrected chi connectivity index (χ2v) is 7.36. The average molecular weight is 378 g/mol. The summed E-state index contributed by atoms with van der Waals surface area (Å²) in [6.45, 7) is 5.16. The zero-order chi connectivity index (χ0) is 19.1. The molecule has 0 aliphatic carbocycles. The lowest BCUT2D eigenvalue weighted by atomic mass is 10.1. The Labute approximate surface area is 162 Å². The molecule has 1 aromatic carbocycles. The van der Waals surface area contributed by atoms with Crippen molar-refractivity contribution in [2.45, 2.75) is 26.0 Å². The van der Waals surface area contributed by atoms with Crippen molar-refractivity contribution in [1.29, 1.82) is 0 Å². The van der Waals surface area contributed by atoms with Gasteiger partial charge >= 0.3 is 0 Å². The number of hydrogen-bond acceptors (Lipinski definition) is 6. The van der Waals surface area contributed by atoms with Crippen LogP contribution in [0.5, 0.6) is 0 Å². The van der Waals surface area contributed by atoms with Gasteiger partial charge in [0.05, 0.1) is 30.2 Å². The van der Waals surface area contributed by atoms with E-state index < -0.39 is 0 Å². The molecular formula is C20H22N6O2. The average Bonchev–Trinajstić information content (AvgIpc) is 2.95. The molecule has 8 heteroatoms. The number of carbonyl (C=O) groups excluding carboxylic acids is 1. The predicted molar refractivity (Wildman–Crippen MR) is 105 cm³/mol. The maximum atomic E-state index is 11.8. The van der Waals surface area contributed by atoms with E-state index in [-0.39, 0.29) is 11.9 Å². The minimum absolute atomic E-state index is 0.0132. The normalized spacial score (nSPS) is 20.0. The maximum absolute atomic E-state index is 11.8. The predicted octanol–water partition coefficient (Wildman–Crippen LogP) is 1.91. The van der Waals surface area contributed by atoms with Gasteiger partial charge in [0.1, 0.15) is 12.4 Å². The van der Waals surface area contributed by atoms with Gasteiger partial charge in [-0.25, -0.2) is 15.0 Å². The summed E-state index contributed by atoms with van der Waals surface area (Å²) < 4.78 is 7.86. The summed E-state index contributed by atoms with van der Waals surface area (Å²) in [5.41, 5.74) is 4.08. The van der Waals surface area contributed by atoms with E-state index in [9.17, 15) is 4.79 Å². The first-order chi connectivity index (χ1) is 13.7. The molecule has 1 fully saturated rings. The van der Waals surface area contributed by atoms with Crippen molar-refractivity contribution in [3.8, 4) is 11.1 Å². The number of aromatic nitrogens is 4. The van der Waals surface area contributed by atoms with E-state index in [0.717, 1.165) is 41.0 Å². The second kappa shape index (κ2) is 6.87. The van der Waals surface area contributed by atoms with Crippen molar-refractivity contribution in [2.24, 2.45) is 0 Å². The van der Waals surface area contributed by atoms with Gasteiger partial charge in [-0.15, -0.1) is 0 Å². The Bertz CT molecular complexity index is 1030. The molecule has 2 aliphatic heterocycles. The number of nitrogens with one attached hydrogen (secondary N) is 1. The monoisotopic (exact) mass is 378 g/mol. The van der Waals surface area contributed by atoms with Crippen LogP contribution in [0.2, 0.25) is 0 Å². The molecule has 0 radical (unpaired) electrons. The number of nitrogens with zero attached hydrogens (tertiary/aromatic N) is 5. The van der Waals surface area contributed by atoms with Gasteiger partial charge in [-0.2, -0.15) is 0 Å². The van der Waals surface area contributed by atoms with Gasteiger partial charge in [-0.1, -0.05) is 6.07 Å². The van der Waals surface area contributed by atoms with Crippen LogP contribution < -0.4 is 10.2 Å². The summed E-state index contributed by atoms with van der Waals surface area (Å²) in [7, 11) is 0. The number of ether oxygens (including phenoxy) is 1. The standard InChI is InChI=1S/C20H22N6O2/c1-13-11-28-12-18-24-16-4-3-14(7-17(16)26(13)18)15-8-22-20(23-9-15)25-6-2-5-21-19(27)10-25/h3-4,7-9,13H,2,5-6,10-12H2,1H3,(H,21,27)/t13-/m0/s1. The van der Waals surface area contributed by atoms with E-state index in [4.69, 9.17) is 9.72 Å². The summed E-state index contributed by atoms with van der Waals surface area (Å²) in [6, 6.07) is 6.49. The first kappa shape index (κ1) is 17.1. The molecule has 2 aliphatic rings. The molecule has 0 saturated carbocycles. The first-order valence-corrected chi connectivity index (χ1v) is 9.62. The highest BCUT2D eigenvalue weighted by molar-refractivity contribution is 5.83. The molecule has 3 aromatic rings. The lowest BCUT2D eigenvalue weighted by Gasteiger charge is -2.22. The van der Waals surface area contributed by atoms with Crippen LogP contribution in [0.1, 0.15) is 25.2 Å². The SMILES string of the molecule is C[C@H]1COCc2nc3ccc(-c4cnc(N5CCCNC(=O)C5)nc4)cc3n21. The number of hydrogen-bond donors (Lipinski definition) is 1. The molecule has 1 amide bonds. The van der Waals surface area contributed by atoms with Gasteiger partial charge in [0.25, 0.3) is 0 Å². The molecule has 28 heavy (non-hydrogen) atoms. The van der Waals surface area contributed by atoms with E-state index in [1.54, 1.807) is 0 Å². The van der Waals surface area contributed by atoms with Gasteiger partial charge < -0.3 is 19.5 Å². The van der Waals surface area contributed by atoms with Crippen LogP contribution in [-0.2, 0) is 16.1 Å². The number of carbonyl (C=O) groups is 1. The zero-order valence-electron chi connectivity index (χ0n) is 15.8. The molecule has 5 rings (SSSR count). The highest BCUT2D eigenvalue weighted by Gasteiger charge is 2.21. The van der Waals surface area contributed by atoms with Gasteiger partial charge in [0, 0.05) is 31.0 Å². The third-order valence-corrected chi connectivity index (χ3v) is 5.31. The van der Waals surface area contributed by atoms with Gasteiger partial charge in [0.15, 0.2) is 0 Å². The smallest absolute Gasteiger partial charge is 0.239 e. The zero-order valence-corrected chi connectivity index (χ0v) is 15.8. The fraction of sp³-hybridized carbons (Fsp3) is 0.400. The molecular weight excluding hydrogens is 356 g/mol. The van der Waals surface area contributed by atoms with Crippen molar-refractivity contribution >= 4 is 22.9 Å². The Morgan fingerprint density at radius 1 is 1.21 bits per heavy atom. The molecule has 0 bridgehead atoms. The number of imidazole rings is 1. The molecule has 1 atom stereocenters. The second-order valence-electron chi connectivity index (χ2n) is 7.36. The molecule has 0 unspecified atom stereocenters. The van der Waals surface area contributed by atoms with Gasteiger partial charge in [-0.05, 0) is 31.0 Å². The third kappa shape index (κ3) is 2.99. The Morgan fingerprint density at radius 2 is 2.07 bits per heavy atom. The molecule has 4 heterocycles. The van der Waals surface area contributed by atoms with Crippen molar-refractivity contribution in [3.05, 3.63) is 36.4 Å². The Hall–Kier alpha value is -3.00. The first-order valence-electron chi connectivity index (χ1n) is 9.62. The van der Waals surface area contributed by atoms with Crippen LogP contribution in [0.25, 0.3) is 22.2 Å². The Balaban J connectivity index is 1.47. The van der Waals surface area contributed by atoms with E-state index in [0.29, 0.717) is 32.3 Å². The Morgan fingerprint density at radius 3 is 2.93 bits per heavy atom. The largest absolute Gasteiger partial charge is 0.371 e. The number of amides is 1. The molecule has 2 aromatic heterocycles. The fourth-order valence-corrected chi connectivity index (χ4v) is 3.92. The molecule has 1 saturated heterocycles. The summed E-state index contributed by atoms with van der Waals surface area (Å²) in [5, 5.41) is 2.87. The van der Waals surface area contributed by atoms with E-state index in [1.165, 1.54) is 0 Å². The summed E-state index contributed by atoms with van der Waals surface area (Å²) in [6.07, 6.45) is 4.54.